The molecule has 0 atom stereocenters. The number of hydrazine groups is 1. The van der Waals surface area contributed by atoms with Gasteiger partial charge in [-0.05, 0) is 35.6 Å². The number of hydrogen-bond donors (Lipinski definition) is 2. The van der Waals surface area contributed by atoms with Crippen molar-refractivity contribution in [2.45, 2.75) is 13.5 Å². The molecule has 94 valence electrons. The van der Waals surface area contributed by atoms with Crippen LogP contribution in [0.15, 0.2) is 29.3 Å². The SMILES string of the molecule is Cc1ncc(I)c(=O)n1Cc1cccnc1NN. The van der Waals surface area contributed by atoms with E-state index in [1.807, 2.05) is 28.7 Å². The predicted octanol–water partition coefficient (Wildman–Crippen LogP) is 0.885. The maximum atomic E-state index is 12.0. The lowest BCUT2D eigenvalue weighted by Gasteiger charge is -2.11. The molecule has 0 saturated carbocycles. The zero-order valence-corrected chi connectivity index (χ0v) is 11.9. The summed E-state index contributed by atoms with van der Waals surface area (Å²) in [5.41, 5.74) is 3.30. The lowest BCUT2D eigenvalue weighted by molar-refractivity contribution is 0.694. The van der Waals surface area contributed by atoms with Crippen LogP contribution >= 0.6 is 22.6 Å². The third-order valence-corrected chi connectivity index (χ3v) is 3.30. The van der Waals surface area contributed by atoms with Crippen LogP contribution in [0.25, 0.3) is 0 Å². The van der Waals surface area contributed by atoms with Crippen molar-refractivity contribution in [2.24, 2.45) is 5.84 Å². The van der Waals surface area contributed by atoms with Crippen molar-refractivity contribution in [2.75, 3.05) is 5.43 Å². The van der Waals surface area contributed by atoms with Crippen LogP contribution in [-0.2, 0) is 6.54 Å². The summed E-state index contributed by atoms with van der Waals surface area (Å²) < 4.78 is 2.18. The highest BCUT2D eigenvalue weighted by Gasteiger charge is 2.08. The number of rotatable bonds is 3. The number of pyridine rings is 1. The summed E-state index contributed by atoms with van der Waals surface area (Å²) in [6.45, 7) is 2.19. The minimum Gasteiger partial charge on any atom is -0.308 e. The van der Waals surface area contributed by atoms with Gasteiger partial charge in [-0.2, -0.15) is 0 Å². The Kier molecular flexibility index (Phi) is 3.92. The molecule has 18 heavy (non-hydrogen) atoms. The smallest absolute Gasteiger partial charge is 0.267 e. The van der Waals surface area contributed by atoms with Crippen molar-refractivity contribution in [3.05, 3.63) is 49.8 Å². The number of anilines is 1. The first-order valence-electron chi connectivity index (χ1n) is 5.26. The third-order valence-electron chi connectivity index (χ3n) is 2.56. The Balaban J connectivity index is 2.46. The molecule has 2 heterocycles. The van der Waals surface area contributed by atoms with Gasteiger partial charge in [0.2, 0.25) is 0 Å². The quantitative estimate of drug-likeness (QED) is 0.484. The van der Waals surface area contributed by atoms with E-state index in [0.717, 1.165) is 5.56 Å². The van der Waals surface area contributed by atoms with E-state index in [1.54, 1.807) is 30.0 Å². The van der Waals surface area contributed by atoms with Gasteiger partial charge in [-0.3, -0.25) is 9.36 Å². The zero-order valence-electron chi connectivity index (χ0n) is 9.72. The number of nitrogens with one attached hydrogen (secondary N) is 1. The predicted molar refractivity (Wildman–Crippen MR) is 77.1 cm³/mol. The summed E-state index contributed by atoms with van der Waals surface area (Å²) in [6.07, 6.45) is 3.21. The van der Waals surface area contributed by atoms with Gasteiger partial charge < -0.3 is 5.43 Å². The van der Waals surface area contributed by atoms with E-state index < -0.39 is 0 Å². The molecule has 6 nitrogen and oxygen atoms in total. The molecule has 2 aromatic rings. The summed E-state index contributed by atoms with van der Waals surface area (Å²) in [4.78, 5) is 20.3. The summed E-state index contributed by atoms with van der Waals surface area (Å²) in [5.74, 6) is 6.61. The fourth-order valence-electron chi connectivity index (χ4n) is 1.60. The van der Waals surface area contributed by atoms with Crippen molar-refractivity contribution < 1.29 is 0 Å². The van der Waals surface area contributed by atoms with Crippen LogP contribution in [0.3, 0.4) is 0 Å². The van der Waals surface area contributed by atoms with Gasteiger partial charge >= 0.3 is 0 Å². The zero-order chi connectivity index (χ0) is 13.1. The molecular weight excluding hydrogens is 345 g/mol. The number of halogens is 1. The molecule has 3 N–H and O–H groups in total. The maximum Gasteiger partial charge on any atom is 0.267 e. The number of nitrogens with zero attached hydrogens (tertiary/aromatic N) is 3. The van der Waals surface area contributed by atoms with Crippen molar-refractivity contribution in [1.82, 2.24) is 14.5 Å². The number of nitrogen functional groups attached to an aromatic ring is 1. The van der Waals surface area contributed by atoms with Crippen LogP contribution in [0.1, 0.15) is 11.4 Å². The molecule has 0 bridgehead atoms. The molecule has 0 aromatic carbocycles. The van der Waals surface area contributed by atoms with Crippen molar-refractivity contribution in [3.63, 3.8) is 0 Å². The summed E-state index contributed by atoms with van der Waals surface area (Å²) in [6, 6.07) is 3.67. The molecule has 0 aliphatic heterocycles. The third kappa shape index (κ3) is 2.51. The molecule has 0 unspecified atom stereocenters. The Morgan fingerprint density at radius 3 is 3.00 bits per heavy atom. The van der Waals surface area contributed by atoms with Crippen molar-refractivity contribution >= 4 is 28.4 Å². The van der Waals surface area contributed by atoms with Crippen molar-refractivity contribution in [1.29, 1.82) is 0 Å². The highest BCUT2D eigenvalue weighted by molar-refractivity contribution is 14.1. The van der Waals surface area contributed by atoms with Gasteiger partial charge in [-0.1, -0.05) is 6.07 Å². The highest BCUT2D eigenvalue weighted by atomic mass is 127. The lowest BCUT2D eigenvalue weighted by atomic mass is 10.2. The average Bonchev–Trinajstić information content (AvgIpc) is 2.39. The van der Waals surface area contributed by atoms with Gasteiger partial charge in [0.15, 0.2) is 0 Å². The number of aryl methyl sites for hydroxylation is 1. The average molecular weight is 357 g/mol. The lowest BCUT2D eigenvalue weighted by Crippen LogP contribution is -2.26. The molecule has 0 fully saturated rings. The minimum atomic E-state index is -0.0603. The second-order valence-electron chi connectivity index (χ2n) is 3.70. The van der Waals surface area contributed by atoms with Crippen LogP contribution in [0.5, 0.6) is 0 Å². The first-order valence-corrected chi connectivity index (χ1v) is 6.34. The molecular formula is C11H12IN5O. The van der Waals surface area contributed by atoms with E-state index in [4.69, 9.17) is 5.84 Å². The topological polar surface area (TPSA) is 85.8 Å². The van der Waals surface area contributed by atoms with Gasteiger partial charge in [0, 0.05) is 18.0 Å². The Morgan fingerprint density at radius 2 is 2.28 bits per heavy atom. The highest BCUT2D eigenvalue weighted by Crippen LogP contribution is 2.11. The van der Waals surface area contributed by atoms with Crippen LogP contribution in [0.4, 0.5) is 5.82 Å². The Morgan fingerprint density at radius 1 is 1.50 bits per heavy atom. The molecule has 0 amide bonds. The maximum absolute atomic E-state index is 12.0. The van der Waals surface area contributed by atoms with Crippen LogP contribution in [0.2, 0.25) is 0 Å². The van der Waals surface area contributed by atoms with E-state index >= 15 is 0 Å². The second-order valence-corrected chi connectivity index (χ2v) is 4.86. The fraction of sp³-hybridized carbons (Fsp3) is 0.182. The van der Waals surface area contributed by atoms with E-state index in [-0.39, 0.29) is 5.56 Å². The van der Waals surface area contributed by atoms with E-state index in [1.165, 1.54) is 0 Å². The number of aromatic nitrogens is 3. The van der Waals surface area contributed by atoms with E-state index in [9.17, 15) is 4.79 Å². The molecule has 2 rings (SSSR count). The van der Waals surface area contributed by atoms with Gasteiger partial charge in [0.25, 0.3) is 5.56 Å². The van der Waals surface area contributed by atoms with Crippen LogP contribution < -0.4 is 16.8 Å². The van der Waals surface area contributed by atoms with E-state index in [0.29, 0.717) is 21.8 Å². The van der Waals surface area contributed by atoms with Crippen molar-refractivity contribution in [3.8, 4) is 0 Å². The summed E-state index contributed by atoms with van der Waals surface area (Å²) in [5, 5.41) is 0. The fourth-order valence-corrected chi connectivity index (χ4v) is 2.03. The molecule has 7 heteroatoms. The Labute approximate surface area is 117 Å². The number of nitrogens with two attached hydrogens (primary N) is 1. The Hall–Kier alpha value is -1.48. The van der Waals surface area contributed by atoms with Crippen LogP contribution in [-0.4, -0.2) is 14.5 Å². The standard InChI is InChI=1S/C11H12IN5O/c1-7-15-5-9(12)11(18)17(7)6-8-3-2-4-14-10(8)16-13/h2-5H,6,13H2,1H3,(H,14,16). The first kappa shape index (κ1) is 13.0. The molecule has 0 spiro atoms. The van der Waals surface area contributed by atoms with Gasteiger partial charge in [-0.25, -0.2) is 15.8 Å². The molecule has 2 aromatic heterocycles. The molecule has 0 aliphatic carbocycles. The monoisotopic (exact) mass is 357 g/mol. The molecule has 0 aliphatic rings. The van der Waals surface area contributed by atoms with E-state index in [2.05, 4.69) is 15.4 Å². The largest absolute Gasteiger partial charge is 0.308 e. The first-order chi connectivity index (χ1) is 8.63. The molecule has 0 radical (unpaired) electrons. The van der Waals surface area contributed by atoms with Gasteiger partial charge in [0.05, 0.1) is 10.1 Å². The summed E-state index contributed by atoms with van der Waals surface area (Å²) >= 11 is 1.98. The minimum absolute atomic E-state index is 0.0603. The Bertz CT molecular complexity index is 625. The van der Waals surface area contributed by atoms with Gasteiger partial charge in [-0.15, -0.1) is 0 Å². The van der Waals surface area contributed by atoms with Crippen LogP contribution in [0, 0.1) is 10.5 Å². The number of hydrogen-bond acceptors (Lipinski definition) is 5. The normalized spacial score (nSPS) is 10.4. The van der Waals surface area contributed by atoms with Gasteiger partial charge in [0.1, 0.15) is 11.6 Å². The second kappa shape index (κ2) is 5.44. The summed E-state index contributed by atoms with van der Waals surface area (Å²) in [7, 11) is 0. The molecule has 0 saturated heterocycles.